The molecule has 116 valence electrons. The van der Waals surface area contributed by atoms with Crippen LogP contribution in [0.5, 0.6) is 0 Å². The van der Waals surface area contributed by atoms with Gasteiger partial charge in [0.25, 0.3) is 0 Å². The standard InChI is InChI=1S/C13H23BrN2O2S2/c1-11(2)15-8-3-4-10-20(17,18)16-9-7-12-5-6-13(14)19-12/h5-6,11,15-16H,3-4,7-10H2,1-2H3. The van der Waals surface area contributed by atoms with Gasteiger partial charge in [0.05, 0.1) is 9.54 Å². The SMILES string of the molecule is CC(C)NCCCCS(=O)(=O)NCCc1ccc(Br)s1. The molecule has 0 aliphatic heterocycles. The molecule has 0 bridgehead atoms. The van der Waals surface area contributed by atoms with Gasteiger partial charge in [-0.1, -0.05) is 13.8 Å². The molecule has 0 aliphatic rings. The number of unbranched alkanes of at least 4 members (excludes halogenated alkanes) is 1. The van der Waals surface area contributed by atoms with Crippen LogP contribution < -0.4 is 10.0 Å². The summed E-state index contributed by atoms with van der Waals surface area (Å²) in [5.41, 5.74) is 0. The van der Waals surface area contributed by atoms with E-state index < -0.39 is 10.0 Å². The molecule has 20 heavy (non-hydrogen) atoms. The summed E-state index contributed by atoms with van der Waals surface area (Å²) >= 11 is 5.04. The number of thiophene rings is 1. The van der Waals surface area contributed by atoms with E-state index in [1.807, 2.05) is 12.1 Å². The number of hydrogen-bond acceptors (Lipinski definition) is 4. The summed E-state index contributed by atoms with van der Waals surface area (Å²) in [6.07, 6.45) is 2.32. The van der Waals surface area contributed by atoms with Crippen molar-refractivity contribution in [2.45, 2.75) is 39.2 Å². The van der Waals surface area contributed by atoms with Crippen molar-refractivity contribution >= 4 is 37.3 Å². The third-order valence-electron chi connectivity index (χ3n) is 2.71. The van der Waals surface area contributed by atoms with Crippen molar-refractivity contribution < 1.29 is 8.42 Å². The lowest BCUT2D eigenvalue weighted by Gasteiger charge is -2.08. The smallest absolute Gasteiger partial charge is 0.211 e. The van der Waals surface area contributed by atoms with Crippen molar-refractivity contribution in [2.75, 3.05) is 18.8 Å². The van der Waals surface area contributed by atoms with Gasteiger partial charge in [-0.3, -0.25) is 0 Å². The van der Waals surface area contributed by atoms with Gasteiger partial charge in [-0.2, -0.15) is 0 Å². The fraction of sp³-hybridized carbons (Fsp3) is 0.692. The number of rotatable bonds is 10. The van der Waals surface area contributed by atoms with Crippen LogP contribution in [0.2, 0.25) is 0 Å². The Kier molecular flexibility index (Phi) is 8.28. The lowest BCUT2D eigenvalue weighted by molar-refractivity contribution is 0.555. The van der Waals surface area contributed by atoms with Crippen molar-refractivity contribution in [2.24, 2.45) is 0 Å². The van der Waals surface area contributed by atoms with E-state index in [1.54, 1.807) is 11.3 Å². The summed E-state index contributed by atoms with van der Waals surface area (Å²) in [5, 5.41) is 3.28. The minimum atomic E-state index is -3.13. The fourth-order valence-electron chi connectivity index (χ4n) is 1.70. The van der Waals surface area contributed by atoms with Gasteiger partial charge in [0.1, 0.15) is 0 Å². The molecule has 0 spiro atoms. The predicted octanol–water partition coefficient (Wildman–Crippen LogP) is 2.75. The number of halogens is 1. The highest BCUT2D eigenvalue weighted by molar-refractivity contribution is 9.11. The van der Waals surface area contributed by atoms with Crippen molar-refractivity contribution in [3.05, 3.63) is 20.8 Å². The number of hydrogen-bond donors (Lipinski definition) is 2. The molecule has 0 aromatic carbocycles. The minimum absolute atomic E-state index is 0.209. The maximum absolute atomic E-state index is 11.8. The normalized spacial score (nSPS) is 12.2. The van der Waals surface area contributed by atoms with Crippen LogP contribution >= 0.6 is 27.3 Å². The Hall–Kier alpha value is 0.0500. The van der Waals surface area contributed by atoms with E-state index in [0.717, 1.165) is 23.2 Å². The second-order valence-corrected chi connectivity index (χ2v) is 9.46. The van der Waals surface area contributed by atoms with Crippen LogP contribution in [0.3, 0.4) is 0 Å². The van der Waals surface area contributed by atoms with Crippen LogP contribution in [0, 0.1) is 0 Å². The Morgan fingerprint density at radius 2 is 2.00 bits per heavy atom. The molecule has 0 saturated heterocycles. The first-order valence-electron chi connectivity index (χ1n) is 6.84. The number of sulfonamides is 1. The van der Waals surface area contributed by atoms with Crippen LogP contribution in [-0.2, 0) is 16.4 Å². The van der Waals surface area contributed by atoms with E-state index in [2.05, 4.69) is 39.8 Å². The first-order chi connectivity index (χ1) is 9.39. The van der Waals surface area contributed by atoms with Crippen LogP contribution in [0.15, 0.2) is 15.9 Å². The van der Waals surface area contributed by atoms with E-state index in [0.29, 0.717) is 19.0 Å². The summed E-state index contributed by atoms with van der Waals surface area (Å²) < 4.78 is 27.3. The molecule has 1 heterocycles. The Morgan fingerprint density at radius 1 is 1.25 bits per heavy atom. The van der Waals surface area contributed by atoms with Gasteiger partial charge >= 0.3 is 0 Å². The van der Waals surface area contributed by atoms with Gasteiger partial charge in [0.2, 0.25) is 10.0 Å². The maximum Gasteiger partial charge on any atom is 0.211 e. The lowest BCUT2D eigenvalue weighted by Crippen LogP contribution is -2.29. The van der Waals surface area contributed by atoms with Crippen LogP contribution in [0.4, 0.5) is 0 Å². The zero-order chi connectivity index (χ0) is 15.0. The molecule has 0 fully saturated rings. The van der Waals surface area contributed by atoms with Crippen molar-refractivity contribution in [3.8, 4) is 0 Å². The molecule has 1 aromatic rings. The molecular weight excluding hydrogens is 360 g/mol. The summed E-state index contributed by atoms with van der Waals surface area (Å²) in [4.78, 5) is 1.18. The van der Waals surface area contributed by atoms with Crippen LogP contribution in [0.25, 0.3) is 0 Å². The highest BCUT2D eigenvalue weighted by Gasteiger charge is 2.09. The zero-order valence-corrected chi connectivity index (χ0v) is 15.2. The summed E-state index contributed by atoms with van der Waals surface area (Å²) in [6.45, 7) is 5.51. The van der Waals surface area contributed by atoms with Crippen molar-refractivity contribution in [1.82, 2.24) is 10.0 Å². The minimum Gasteiger partial charge on any atom is -0.315 e. The third kappa shape index (κ3) is 8.36. The Morgan fingerprint density at radius 3 is 2.60 bits per heavy atom. The topological polar surface area (TPSA) is 58.2 Å². The average Bonchev–Trinajstić information content (AvgIpc) is 2.74. The molecule has 0 aliphatic carbocycles. The number of nitrogens with one attached hydrogen (secondary N) is 2. The summed E-state index contributed by atoms with van der Waals surface area (Å²) in [6, 6.07) is 4.45. The Balaban J connectivity index is 2.14. The van der Waals surface area contributed by atoms with E-state index >= 15 is 0 Å². The zero-order valence-electron chi connectivity index (χ0n) is 12.0. The van der Waals surface area contributed by atoms with Gasteiger partial charge in [0.15, 0.2) is 0 Å². The first kappa shape index (κ1) is 18.1. The quantitative estimate of drug-likeness (QED) is 0.611. The molecule has 0 amide bonds. The molecule has 7 heteroatoms. The van der Waals surface area contributed by atoms with E-state index in [9.17, 15) is 8.42 Å². The highest BCUT2D eigenvalue weighted by atomic mass is 79.9. The average molecular weight is 383 g/mol. The molecule has 2 N–H and O–H groups in total. The van der Waals surface area contributed by atoms with Gasteiger partial charge in [-0.05, 0) is 53.9 Å². The Labute approximate surface area is 134 Å². The van der Waals surface area contributed by atoms with Gasteiger partial charge in [-0.25, -0.2) is 13.1 Å². The third-order valence-corrected chi connectivity index (χ3v) is 5.87. The lowest BCUT2D eigenvalue weighted by atomic mass is 10.3. The molecule has 0 atom stereocenters. The fourth-order valence-corrected chi connectivity index (χ4v) is 4.32. The maximum atomic E-state index is 11.8. The van der Waals surface area contributed by atoms with E-state index in [-0.39, 0.29) is 5.75 Å². The summed E-state index contributed by atoms with van der Waals surface area (Å²) in [7, 11) is -3.13. The summed E-state index contributed by atoms with van der Waals surface area (Å²) in [5.74, 6) is 0.209. The van der Waals surface area contributed by atoms with Crippen molar-refractivity contribution in [1.29, 1.82) is 0 Å². The molecule has 0 saturated carbocycles. The van der Waals surface area contributed by atoms with E-state index in [4.69, 9.17) is 0 Å². The molecule has 1 aromatic heterocycles. The molecule has 0 unspecified atom stereocenters. The Bertz CT molecular complexity index is 486. The van der Waals surface area contributed by atoms with Crippen molar-refractivity contribution in [3.63, 3.8) is 0 Å². The first-order valence-corrected chi connectivity index (χ1v) is 10.1. The second-order valence-electron chi connectivity index (χ2n) is 4.98. The predicted molar refractivity (Wildman–Crippen MR) is 89.9 cm³/mol. The van der Waals surface area contributed by atoms with Gasteiger partial charge in [0, 0.05) is 17.5 Å². The monoisotopic (exact) mass is 382 g/mol. The largest absolute Gasteiger partial charge is 0.315 e. The molecule has 0 radical (unpaired) electrons. The molecule has 1 rings (SSSR count). The second kappa shape index (κ2) is 9.15. The van der Waals surface area contributed by atoms with Crippen LogP contribution in [0.1, 0.15) is 31.6 Å². The highest BCUT2D eigenvalue weighted by Crippen LogP contribution is 2.22. The van der Waals surface area contributed by atoms with E-state index in [1.165, 1.54) is 4.88 Å². The van der Waals surface area contributed by atoms with Gasteiger partial charge in [-0.15, -0.1) is 11.3 Å². The van der Waals surface area contributed by atoms with Gasteiger partial charge < -0.3 is 5.32 Å². The molecular formula is C13H23BrN2O2S2. The van der Waals surface area contributed by atoms with Crippen LogP contribution in [-0.4, -0.2) is 33.3 Å². The molecule has 4 nitrogen and oxygen atoms in total.